The molecule has 112 valence electrons. The van der Waals surface area contributed by atoms with Crippen molar-refractivity contribution in [3.05, 3.63) is 59.5 Å². The van der Waals surface area contributed by atoms with Crippen molar-refractivity contribution in [2.24, 2.45) is 0 Å². The molecule has 0 radical (unpaired) electrons. The van der Waals surface area contributed by atoms with Crippen molar-refractivity contribution in [2.75, 3.05) is 0 Å². The Morgan fingerprint density at radius 2 is 1.90 bits per heavy atom. The SMILES string of the molecule is C[C@H](Cc1ccco1)NC(=O)c1ccc(C(F)(F)F)cc1. The van der Waals surface area contributed by atoms with Crippen LogP contribution in [0.2, 0.25) is 0 Å². The largest absolute Gasteiger partial charge is 0.469 e. The van der Waals surface area contributed by atoms with Crippen LogP contribution in [0.1, 0.15) is 28.6 Å². The predicted molar refractivity (Wildman–Crippen MR) is 70.8 cm³/mol. The number of benzene rings is 1. The fourth-order valence-electron chi connectivity index (χ4n) is 1.90. The molecule has 6 heteroatoms. The Balaban J connectivity index is 1.97. The third-order valence-corrected chi connectivity index (χ3v) is 2.94. The summed E-state index contributed by atoms with van der Waals surface area (Å²) in [6.45, 7) is 1.80. The molecule has 0 aliphatic carbocycles. The average molecular weight is 297 g/mol. The molecular formula is C15H14F3NO2. The second-order valence-electron chi connectivity index (χ2n) is 4.73. The number of halogens is 3. The Labute approximate surface area is 119 Å². The third kappa shape index (κ3) is 4.11. The van der Waals surface area contributed by atoms with Gasteiger partial charge >= 0.3 is 6.18 Å². The van der Waals surface area contributed by atoms with Crippen LogP contribution in [0.25, 0.3) is 0 Å². The highest BCUT2D eigenvalue weighted by molar-refractivity contribution is 5.94. The molecule has 0 bridgehead atoms. The van der Waals surface area contributed by atoms with Gasteiger partial charge in [0.25, 0.3) is 5.91 Å². The molecule has 0 saturated heterocycles. The van der Waals surface area contributed by atoms with Gasteiger partial charge in [-0.25, -0.2) is 0 Å². The average Bonchev–Trinajstić information content (AvgIpc) is 2.90. The number of nitrogens with one attached hydrogen (secondary N) is 1. The van der Waals surface area contributed by atoms with E-state index in [2.05, 4.69) is 5.32 Å². The van der Waals surface area contributed by atoms with Crippen molar-refractivity contribution >= 4 is 5.91 Å². The van der Waals surface area contributed by atoms with Crippen molar-refractivity contribution in [2.45, 2.75) is 25.6 Å². The van der Waals surface area contributed by atoms with E-state index in [9.17, 15) is 18.0 Å². The molecule has 1 aromatic heterocycles. The maximum atomic E-state index is 12.4. The van der Waals surface area contributed by atoms with Crippen molar-refractivity contribution in [3.8, 4) is 0 Å². The summed E-state index contributed by atoms with van der Waals surface area (Å²) in [5.74, 6) is 0.318. The molecule has 1 amide bonds. The molecule has 1 aromatic carbocycles. The van der Waals surface area contributed by atoms with Crippen molar-refractivity contribution in [1.29, 1.82) is 0 Å². The second-order valence-corrected chi connectivity index (χ2v) is 4.73. The van der Waals surface area contributed by atoms with Gasteiger partial charge in [0.2, 0.25) is 0 Å². The highest BCUT2D eigenvalue weighted by Crippen LogP contribution is 2.29. The van der Waals surface area contributed by atoms with Gasteiger partial charge < -0.3 is 9.73 Å². The van der Waals surface area contributed by atoms with Crippen molar-refractivity contribution in [1.82, 2.24) is 5.32 Å². The molecular weight excluding hydrogens is 283 g/mol. The summed E-state index contributed by atoms with van der Waals surface area (Å²) in [6.07, 6.45) is -2.35. The highest BCUT2D eigenvalue weighted by atomic mass is 19.4. The van der Waals surface area contributed by atoms with E-state index in [0.29, 0.717) is 6.42 Å². The predicted octanol–water partition coefficient (Wildman–Crippen LogP) is 3.66. The van der Waals surface area contributed by atoms with Gasteiger partial charge in [0.15, 0.2) is 0 Å². The maximum Gasteiger partial charge on any atom is 0.416 e. The fourth-order valence-corrected chi connectivity index (χ4v) is 1.90. The molecule has 0 fully saturated rings. The maximum absolute atomic E-state index is 12.4. The number of hydrogen-bond acceptors (Lipinski definition) is 2. The van der Waals surface area contributed by atoms with E-state index in [1.54, 1.807) is 25.3 Å². The smallest absolute Gasteiger partial charge is 0.416 e. The monoisotopic (exact) mass is 297 g/mol. The van der Waals surface area contributed by atoms with Crippen molar-refractivity contribution in [3.63, 3.8) is 0 Å². The van der Waals surface area contributed by atoms with Crippen LogP contribution in [0.3, 0.4) is 0 Å². The molecule has 0 spiro atoms. The van der Waals surface area contributed by atoms with Gasteiger partial charge in [-0.1, -0.05) is 0 Å². The number of furan rings is 1. The van der Waals surface area contributed by atoms with Crippen molar-refractivity contribution < 1.29 is 22.4 Å². The lowest BCUT2D eigenvalue weighted by Gasteiger charge is -2.13. The fraction of sp³-hybridized carbons (Fsp3) is 0.267. The number of carbonyl (C=O) groups is 1. The lowest BCUT2D eigenvalue weighted by atomic mass is 10.1. The molecule has 0 saturated carbocycles. The van der Waals surface area contributed by atoms with E-state index >= 15 is 0 Å². The summed E-state index contributed by atoms with van der Waals surface area (Å²) >= 11 is 0. The number of carbonyl (C=O) groups excluding carboxylic acids is 1. The topological polar surface area (TPSA) is 42.2 Å². The molecule has 0 aliphatic rings. The zero-order valence-corrected chi connectivity index (χ0v) is 11.3. The van der Waals surface area contributed by atoms with Crippen LogP contribution >= 0.6 is 0 Å². The van der Waals surface area contributed by atoms with Gasteiger partial charge in [-0.15, -0.1) is 0 Å². The number of alkyl halides is 3. The quantitative estimate of drug-likeness (QED) is 0.935. The van der Waals surface area contributed by atoms with Gasteiger partial charge in [0, 0.05) is 18.0 Å². The van der Waals surface area contributed by atoms with E-state index in [1.165, 1.54) is 0 Å². The zero-order valence-electron chi connectivity index (χ0n) is 11.3. The molecule has 1 atom stereocenters. The second kappa shape index (κ2) is 6.03. The Bertz CT molecular complexity index is 588. The van der Waals surface area contributed by atoms with Crippen LogP contribution in [0, 0.1) is 0 Å². The standard InChI is InChI=1S/C15H14F3NO2/c1-10(9-13-3-2-8-21-13)19-14(20)11-4-6-12(7-5-11)15(16,17)18/h2-8,10H,9H2,1H3,(H,19,20)/t10-/m1/s1. The summed E-state index contributed by atoms with van der Waals surface area (Å²) in [5, 5.41) is 2.71. The van der Waals surface area contributed by atoms with E-state index in [4.69, 9.17) is 4.42 Å². The van der Waals surface area contributed by atoms with Crippen LogP contribution in [-0.2, 0) is 12.6 Å². The Morgan fingerprint density at radius 1 is 1.24 bits per heavy atom. The molecule has 21 heavy (non-hydrogen) atoms. The first kappa shape index (κ1) is 15.2. The molecule has 2 rings (SSSR count). The summed E-state index contributed by atoms with van der Waals surface area (Å²) in [6, 6.07) is 7.47. The normalized spacial score (nSPS) is 13.0. The molecule has 1 heterocycles. The van der Waals surface area contributed by atoms with Gasteiger partial charge in [-0.05, 0) is 43.3 Å². The number of amides is 1. The van der Waals surface area contributed by atoms with Gasteiger partial charge in [-0.2, -0.15) is 13.2 Å². The van der Waals surface area contributed by atoms with E-state index in [0.717, 1.165) is 30.0 Å². The van der Waals surface area contributed by atoms with Crippen LogP contribution in [0.15, 0.2) is 47.1 Å². The molecule has 0 aliphatic heterocycles. The van der Waals surface area contributed by atoms with Crippen LogP contribution < -0.4 is 5.32 Å². The molecule has 2 aromatic rings. The Morgan fingerprint density at radius 3 is 2.43 bits per heavy atom. The summed E-state index contributed by atoms with van der Waals surface area (Å²) in [4.78, 5) is 11.9. The Kier molecular flexibility index (Phi) is 4.35. The van der Waals surface area contributed by atoms with E-state index < -0.39 is 17.6 Å². The van der Waals surface area contributed by atoms with Gasteiger partial charge in [0.1, 0.15) is 5.76 Å². The minimum absolute atomic E-state index is 0.189. The number of rotatable bonds is 4. The minimum atomic E-state index is -4.40. The zero-order chi connectivity index (χ0) is 15.5. The minimum Gasteiger partial charge on any atom is -0.469 e. The molecule has 1 N–H and O–H groups in total. The lowest BCUT2D eigenvalue weighted by Crippen LogP contribution is -2.34. The number of hydrogen-bond donors (Lipinski definition) is 1. The molecule has 0 unspecified atom stereocenters. The molecule has 3 nitrogen and oxygen atoms in total. The first-order valence-electron chi connectivity index (χ1n) is 6.37. The van der Waals surface area contributed by atoms with E-state index in [1.807, 2.05) is 0 Å². The summed E-state index contributed by atoms with van der Waals surface area (Å²) in [5.41, 5.74) is -0.586. The Hall–Kier alpha value is -2.24. The van der Waals surface area contributed by atoms with Gasteiger partial charge in [-0.3, -0.25) is 4.79 Å². The summed E-state index contributed by atoms with van der Waals surface area (Å²) < 4.78 is 42.5. The first-order chi connectivity index (χ1) is 9.86. The van der Waals surface area contributed by atoms with Crippen LogP contribution in [0.5, 0.6) is 0 Å². The van der Waals surface area contributed by atoms with Crippen LogP contribution in [0.4, 0.5) is 13.2 Å². The first-order valence-corrected chi connectivity index (χ1v) is 6.37. The summed E-state index contributed by atoms with van der Waals surface area (Å²) in [7, 11) is 0. The lowest BCUT2D eigenvalue weighted by molar-refractivity contribution is -0.137. The van der Waals surface area contributed by atoms with Gasteiger partial charge in [0.05, 0.1) is 11.8 Å². The third-order valence-electron chi connectivity index (χ3n) is 2.94. The van der Waals surface area contributed by atoms with E-state index in [-0.39, 0.29) is 11.6 Å². The van der Waals surface area contributed by atoms with Crippen LogP contribution in [-0.4, -0.2) is 11.9 Å². The highest BCUT2D eigenvalue weighted by Gasteiger charge is 2.30.